The topological polar surface area (TPSA) is 52.3 Å². The smallest absolute Gasteiger partial charge is 0.226 e. The van der Waals surface area contributed by atoms with E-state index in [4.69, 9.17) is 9.15 Å². The number of aromatic nitrogens is 1. The van der Waals surface area contributed by atoms with Crippen LogP contribution in [-0.4, -0.2) is 17.9 Å². The minimum atomic E-state index is 0.0542. The molecule has 1 heterocycles. The zero-order chi connectivity index (χ0) is 19.4. The van der Waals surface area contributed by atoms with Gasteiger partial charge < -0.3 is 9.15 Å². The Morgan fingerprint density at radius 2 is 1.96 bits per heavy atom. The molecule has 0 N–H and O–H groups in total. The van der Waals surface area contributed by atoms with E-state index in [1.165, 1.54) is 5.56 Å². The van der Waals surface area contributed by atoms with Crippen molar-refractivity contribution in [3.63, 3.8) is 0 Å². The second-order valence-corrected chi connectivity index (χ2v) is 7.52. The molecular weight excluding hydrogens is 358 g/mol. The van der Waals surface area contributed by atoms with E-state index in [-0.39, 0.29) is 5.78 Å². The van der Waals surface area contributed by atoms with Crippen molar-refractivity contribution in [2.24, 2.45) is 0 Å². The summed E-state index contributed by atoms with van der Waals surface area (Å²) >= 11 is 1.71. The van der Waals surface area contributed by atoms with E-state index in [0.29, 0.717) is 11.5 Å². The summed E-state index contributed by atoms with van der Waals surface area (Å²) in [4.78, 5) is 16.2. The molecule has 0 atom stereocenters. The molecule has 1 aromatic heterocycles. The number of rotatable bonds is 7. The van der Waals surface area contributed by atoms with E-state index in [9.17, 15) is 4.79 Å². The molecule has 3 rings (SSSR count). The van der Waals surface area contributed by atoms with Crippen molar-refractivity contribution in [2.75, 3.05) is 7.11 Å². The summed E-state index contributed by atoms with van der Waals surface area (Å²) in [5.41, 5.74) is 6.00. The molecule has 140 valence electrons. The highest BCUT2D eigenvalue weighted by molar-refractivity contribution is 7.97. The van der Waals surface area contributed by atoms with Crippen LogP contribution in [0.1, 0.15) is 39.7 Å². The summed E-state index contributed by atoms with van der Waals surface area (Å²) in [6, 6.07) is 11.8. The molecule has 27 heavy (non-hydrogen) atoms. The first kappa shape index (κ1) is 19.2. The summed E-state index contributed by atoms with van der Waals surface area (Å²) in [5.74, 6) is 2.96. The van der Waals surface area contributed by atoms with E-state index in [1.54, 1.807) is 38.1 Å². The highest BCUT2D eigenvalue weighted by atomic mass is 32.2. The predicted octanol–water partition coefficient (Wildman–Crippen LogP) is 5.60. The molecule has 0 radical (unpaired) electrons. The number of aryl methyl sites for hydroxylation is 2. The van der Waals surface area contributed by atoms with Gasteiger partial charge in [-0.25, -0.2) is 4.98 Å². The van der Waals surface area contributed by atoms with Gasteiger partial charge in [0, 0.05) is 28.2 Å². The molecule has 0 fully saturated rings. The Hall–Kier alpha value is -2.53. The minimum Gasteiger partial charge on any atom is -0.496 e. The van der Waals surface area contributed by atoms with E-state index in [0.717, 1.165) is 39.6 Å². The molecule has 0 spiro atoms. The van der Waals surface area contributed by atoms with Crippen LogP contribution >= 0.6 is 11.8 Å². The molecule has 0 bridgehead atoms. The van der Waals surface area contributed by atoms with E-state index >= 15 is 0 Å². The third-order valence-electron chi connectivity index (χ3n) is 4.36. The van der Waals surface area contributed by atoms with Gasteiger partial charge in [-0.3, -0.25) is 4.79 Å². The van der Waals surface area contributed by atoms with E-state index in [2.05, 4.69) is 31.0 Å². The zero-order valence-electron chi connectivity index (χ0n) is 16.0. The number of hydrogen-bond donors (Lipinski definition) is 0. The van der Waals surface area contributed by atoms with Crippen molar-refractivity contribution in [1.82, 2.24) is 4.98 Å². The van der Waals surface area contributed by atoms with Crippen LogP contribution in [0, 0.1) is 13.8 Å². The molecule has 2 aromatic carbocycles. The fourth-order valence-electron chi connectivity index (χ4n) is 2.93. The van der Waals surface area contributed by atoms with Gasteiger partial charge in [0.25, 0.3) is 0 Å². The fourth-order valence-corrected chi connectivity index (χ4v) is 3.82. The van der Waals surface area contributed by atoms with Crippen LogP contribution in [0.5, 0.6) is 5.75 Å². The number of ether oxygens (including phenoxy) is 1. The van der Waals surface area contributed by atoms with Crippen molar-refractivity contribution < 1.29 is 13.9 Å². The first-order valence-corrected chi connectivity index (χ1v) is 9.91. The van der Waals surface area contributed by atoms with Gasteiger partial charge in [0.1, 0.15) is 12.0 Å². The molecule has 4 nitrogen and oxygen atoms in total. The van der Waals surface area contributed by atoms with Crippen LogP contribution in [0.4, 0.5) is 0 Å². The quantitative estimate of drug-likeness (QED) is 0.498. The van der Waals surface area contributed by atoms with Crippen LogP contribution in [0.2, 0.25) is 0 Å². The highest BCUT2D eigenvalue weighted by Crippen LogP contribution is 2.28. The number of Topliss-reactive ketones (excluding diaryl/α,β-unsaturated/α-hetero) is 1. The number of nitrogens with zero attached hydrogens (tertiary/aromatic N) is 1. The van der Waals surface area contributed by atoms with E-state index < -0.39 is 0 Å². The standard InChI is InChI=1S/C22H23NO3S/c1-14-5-7-20(15(2)9-14)22-23-19(11-26-22)13-27-12-18-10-17(16(3)24)6-8-21(18)25-4/h5-11H,12-13H2,1-4H3. The Morgan fingerprint density at radius 1 is 1.15 bits per heavy atom. The third-order valence-corrected chi connectivity index (χ3v) is 5.37. The molecule has 0 saturated carbocycles. The molecule has 5 heteroatoms. The Bertz CT molecular complexity index is 962. The lowest BCUT2D eigenvalue weighted by molar-refractivity contribution is 0.101. The van der Waals surface area contributed by atoms with Gasteiger partial charge in [0.2, 0.25) is 5.89 Å². The van der Waals surface area contributed by atoms with Crippen molar-refractivity contribution >= 4 is 17.5 Å². The maximum absolute atomic E-state index is 11.6. The van der Waals surface area contributed by atoms with Gasteiger partial charge >= 0.3 is 0 Å². The SMILES string of the molecule is COc1ccc(C(C)=O)cc1CSCc1coc(-c2ccc(C)cc2C)n1. The molecule has 0 amide bonds. The average Bonchev–Trinajstić information content (AvgIpc) is 3.10. The first-order valence-electron chi connectivity index (χ1n) is 8.75. The minimum absolute atomic E-state index is 0.0542. The monoisotopic (exact) mass is 381 g/mol. The lowest BCUT2D eigenvalue weighted by Gasteiger charge is -2.09. The van der Waals surface area contributed by atoms with Crippen LogP contribution in [0.3, 0.4) is 0 Å². The van der Waals surface area contributed by atoms with Crippen molar-refractivity contribution in [1.29, 1.82) is 0 Å². The number of hydrogen-bond acceptors (Lipinski definition) is 5. The Labute approximate surface area is 164 Å². The zero-order valence-corrected chi connectivity index (χ0v) is 16.9. The van der Waals surface area contributed by atoms with Crippen LogP contribution < -0.4 is 4.74 Å². The molecule has 0 saturated heterocycles. The lowest BCUT2D eigenvalue weighted by Crippen LogP contribution is -1.97. The van der Waals surface area contributed by atoms with E-state index in [1.807, 2.05) is 18.2 Å². The van der Waals surface area contributed by atoms with Gasteiger partial charge in [-0.15, -0.1) is 0 Å². The van der Waals surface area contributed by atoms with Crippen LogP contribution in [-0.2, 0) is 11.5 Å². The number of methoxy groups -OCH3 is 1. The molecular formula is C22H23NO3S. The van der Waals surface area contributed by atoms with Gasteiger partial charge in [-0.2, -0.15) is 11.8 Å². The molecule has 0 unspecified atom stereocenters. The summed E-state index contributed by atoms with van der Waals surface area (Å²) < 4.78 is 11.1. The molecule has 0 aliphatic rings. The largest absolute Gasteiger partial charge is 0.496 e. The maximum atomic E-state index is 11.6. The molecule has 0 aliphatic carbocycles. The second kappa shape index (κ2) is 8.44. The lowest BCUT2D eigenvalue weighted by atomic mass is 10.1. The van der Waals surface area contributed by atoms with Crippen molar-refractivity contribution in [3.8, 4) is 17.2 Å². The average molecular weight is 381 g/mol. The summed E-state index contributed by atoms with van der Waals surface area (Å²) in [7, 11) is 1.64. The Balaban J connectivity index is 1.67. The third kappa shape index (κ3) is 4.61. The van der Waals surface area contributed by atoms with Gasteiger partial charge in [-0.1, -0.05) is 17.7 Å². The summed E-state index contributed by atoms with van der Waals surface area (Å²) in [6.07, 6.45) is 1.71. The highest BCUT2D eigenvalue weighted by Gasteiger charge is 2.11. The molecule has 0 aliphatic heterocycles. The number of ketones is 1. The Morgan fingerprint density at radius 3 is 2.67 bits per heavy atom. The summed E-state index contributed by atoms with van der Waals surface area (Å²) in [6.45, 7) is 5.71. The normalized spacial score (nSPS) is 10.8. The maximum Gasteiger partial charge on any atom is 0.226 e. The first-order chi connectivity index (χ1) is 13.0. The number of thioether (sulfide) groups is 1. The van der Waals surface area contributed by atoms with Crippen molar-refractivity contribution in [3.05, 3.63) is 70.6 Å². The predicted molar refractivity (Wildman–Crippen MR) is 109 cm³/mol. The van der Waals surface area contributed by atoms with Gasteiger partial charge in [0.15, 0.2) is 5.78 Å². The van der Waals surface area contributed by atoms with Crippen molar-refractivity contribution in [2.45, 2.75) is 32.3 Å². The second-order valence-electron chi connectivity index (χ2n) is 6.54. The summed E-state index contributed by atoms with van der Waals surface area (Å²) in [5, 5.41) is 0. The fraction of sp³-hybridized carbons (Fsp3) is 0.273. The van der Waals surface area contributed by atoms with Gasteiger partial charge in [0.05, 0.1) is 12.8 Å². The van der Waals surface area contributed by atoms with Crippen LogP contribution in [0.25, 0.3) is 11.5 Å². The molecule has 3 aromatic rings. The van der Waals surface area contributed by atoms with Crippen LogP contribution in [0.15, 0.2) is 47.1 Å². The van der Waals surface area contributed by atoms with Gasteiger partial charge in [-0.05, 0) is 50.6 Å². The number of oxazole rings is 1. The number of carbonyl (C=O) groups excluding carboxylic acids is 1. The number of benzene rings is 2. The Kier molecular flexibility index (Phi) is 6.01. The number of carbonyl (C=O) groups is 1.